The van der Waals surface area contributed by atoms with Crippen LogP contribution in [0.15, 0.2) is 30.3 Å². The van der Waals surface area contributed by atoms with E-state index in [0.717, 1.165) is 19.3 Å². The van der Waals surface area contributed by atoms with E-state index in [1.807, 2.05) is 37.3 Å². The van der Waals surface area contributed by atoms with Crippen molar-refractivity contribution in [1.29, 1.82) is 0 Å². The molecule has 8 nitrogen and oxygen atoms in total. The average molecular weight is 517 g/mol. The number of halogens is 3. The van der Waals surface area contributed by atoms with Crippen molar-refractivity contribution >= 4 is 17.8 Å². The largest absolute Gasteiger partial charge is 0.490 e. The minimum Gasteiger partial charge on any atom is -0.475 e. The lowest BCUT2D eigenvalue weighted by molar-refractivity contribution is -0.192. The lowest BCUT2D eigenvalue weighted by Crippen LogP contribution is -2.54. The smallest absolute Gasteiger partial charge is 0.475 e. The van der Waals surface area contributed by atoms with Crippen molar-refractivity contribution in [1.82, 2.24) is 15.5 Å². The monoisotopic (exact) mass is 516 g/mol. The quantitative estimate of drug-likeness (QED) is 0.359. The van der Waals surface area contributed by atoms with Gasteiger partial charge in [0.05, 0.1) is 6.04 Å². The van der Waals surface area contributed by atoms with Crippen LogP contribution in [0.4, 0.5) is 13.2 Å². The van der Waals surface area contributed by atoms with E-state index in [1.54, 1.807) is 11.9 Å². The maximum Gasteiger partial charge on any atom is 0.490 e. The molecule has 1 aromatic rings. The van der Waals surface area contributed by atoms with Crippen LogP contribution in [0, 0.1) is 0 Å². The molecule has 0 saturated heterocycles. The number of hydrogen-bond acceptors (Lipinski definition) is 5. The molecule has 2 atom stereocenters. The van der Waals surface area contributed by atoms with Crippen LogP contribution in [-0.4, -0.2) is 72.2 Å². The predicted molar refractivity (Wildman–Crippen MR) is 131 cm³/mol. The number of carboxylic acids is 1. The fourth-order valence-electron chi connectivity index (χ4n) is 4.06. The third-order valence-electron chi connectivity index (χ3n) is 6.06. The molecule has 2 amide bonds. The Bertz CT molecular complexity index is 802. The summed E-state index contributed by atoms with van der Waals surface area (Å²) in [6.07, 6.45) is 2.94. The summed E-state index contributed by atoms with van der Waals surface area (Å²) in [5, 5.41) is 13.6. The maximum absolute atomic E-state index is 13.0. The van der Waals surface area contributed by atoms with Crippen molar-refractivity contribution in [3.8, 4) is 0 Å². The van der Waals surface area contributed by atoms with Gasteiger partial charge >= 0.3 is 12.1 Å². The Morgan fingerprint density at radius 1 is 1.14 bits per heavy atom. The summed E-state index contributed by atoms with van der Waals surface area (Å²) in [7, 11) is 1.74. The van der Waals surface area contributed by atoms with Crippen molar-refractivity contribution in [3.05, 3.63) is 35.9 Å². The first-order chi connectivity index (χ1) is 17.0. The first-order valence-corrected chi connectivity index (χ1v) is 12.3. The van der Waals surface area contributed by atoms with Crippen molar-refractivity contribution in [3.63, 3.8) is 0 Å². The highest BCUT2D eigenvalue weighted by atomic mass is 19.4. The van der Waals surface area contributed by atoms with Crippen molar-refractivity contribution in [2.24, 2.45) is 5.73 Å². The van der Waals surface area contributed by atoms with E-state index in [2.05, 4.69) is 10.6 Å². The zero-order chi connectivity index (χ0) is 27.1. The van der Waals surface area contributed by atoms with Crippen LogP contribution in [-0.2, 0) is 20.8 Å². The number of carbonyl (C=O) groups is 3. The lowest BCUT2D eigenvalue weighted by Gasteiger charge is -2.32. The van der Waals surface area contributed by atoms with Gasteiger partial charge in [-0.05, 0) is 51.1 Å². The van der Waals surface area contributed by atoms with E-state index >= 15 is 0 Å². The first kappa shape index (κ1) is 31.4. The molecule has 0 aromatic heterocycles. The molecule has 1 aliphatic rings. The standard InChI is InChI=1S/C23H38N4O2.C2HF3O2/c1-18(26-20-12-7-4-8-13-20)23(29)27(2)21(14-9-16-24)22(28)25-17-15-19-10-5-3-6-11-19;3-2(4,5)1(6)7/h3,5-6,10-11,18,20-21,26H,4,7-9,12-17,24H2,1-2H3,(H,25,28);(H,6,7)/t18-,21-;/m0./s1. The van der Waals surface area contributed by atoms with Gasteiger partial charge in [-0.1, -0.05) is 49.6 Å². The molecule has 11 heteroatoms. The molecule has 1 aromatic carbocycles. The van der Waals surface area contributed by atoms with E-state index in [1.165, 1.54) is 24.8 Å². The van der Waals surface area contributed by atoms with Crippen LogP contribution in [0.2, 0.25) is 0 Å². The van der Waals surface area contributed by atoms with Gasteiger partial charge in [-0.3, -0.25) is 9.59 Å². The van der Waals surface area contributed by atoms with Gasteiger partial charge in [0.15, 0.2) is 0 Å². The second kappa shape index (κ2) is 16.2. The Hall–Kier alpha value is -2.66. The second-order valence-electron chi connectivity index (χ2n) is 8.95. The number of benzene rings is 1. The Labute approximate surface area is 210 Å². The molecular formula is C25H39F3N4O4. The molecule has 1 saturated carbocycles. The molecule has 5 N–H and O–H groups in total. The number of nitrogens with one attached hydrogen (secondary N) is 2. The minimum absolute atomic E-state index is 0.0317. The van der Waals surface area contributed by atoms with Gasteiger partial charge in [0, 0.05) is 19.6 Å². The Balaban J connectivity index is 0.000000809. The highest BCUT2D eigenvalue weighted by Gasteiger charge is 2.38. The number of aliphatic carboxylic acids is 1. The summed E-state index contributed by atoms with van der Waals surface area (Å²) < 4.78 is 31.7. The highest BCUT2D eigenvalue weighted by Crippen LogP contribution is 2.18. The molecule has 36 heavy (non-hydrogen) atoms. The lowest BCUT2D eigenvalue weighted by atomic mass is 9.95. The maximum atomic E-state index is 13.0. The van der Waals surface area contributed by atoms with Crippen LogP contribution in [0.1, 0.15) is 57.4 Å². The Morgan fingerprint density at radius 2 is 1.72 bits per heavy atom. The molecule has 0 bridgehead atoms. The molecule has 0 radical (unpaired) electrons. The van der Waals surface area contributed by atoms with Crippen LogP contribution >= 0.6 is 0 Å². The second-order valence-corrected chi connectivity index (χ2v) is 8.95. The minimum atomic E-state index is -5.08. The van der Waals surface area contributed by atoms with E-state index < -0.39 is 18.2 Å². The fraction of sp³-hybridized carbons (Fsp3) is 0.640. The van der Waals surface area contributed by atoms with Gasteiger partial charge in [-0.2, -0.15) is 13.2 Å². The van der Waals surface area contributed by atoms with Gasteiger partial charge in [0.1, 0.15) is 6.04 Å². The number of alkyl halides is 3. The zero-order valence-corrected chi connectivity index (χ0v) is 21.0. The normalized spacial score (nSPS) is 15.7. The van der Waals surface area contributed by atoms with Crippen LogP contribution in [0.3, 0.4) is 0 Å². The summed E-state index contributed by atoms with van der Waals surface area (Å²) in [6.45, 7) is 2.96. The van der Waals surface area contributed by atoms with Gasteiger partial charge in [0.2, 0.25) is 11.8 Å². The molecule has 1 fully saturated rings. The average Bonchev–Trinajstić information content (AvgIpc) is 2.84. The molecule has 0 heterocycles. The van der Waals surface area contributed by atoms with E-state index in [9.17, 15) is 22.8 Å². The summed E-state index contributed by atoms with van der Waals surface area (Å²) >= 11 is 0. The number of likely N-dealkylation sites (N-methyl/N-ethyl adjacent to an activating group) is 1. The Kier molecular flexibility index (Phi) is 14.1. The number of amides is 2. The van der Waals surface area contributed by atoms with Gasteiger partial charge in [-0.25, -0.2) is 4.79 Å². The molecule has 1 aliphatic carbocycles. The number of rotatable bonds is 11. The van der Waals surface area contributed by atoms with Crippen LogP contribution in [0.25, 0.3) is 0 Å². The van der Waals surface area contributed by atoms with Crippen molar-refractivity contribution < 1.29 is 32.7 Å². The fourth-order valence-corrected chi connectivity index (χ4v) is 4.06. The third-order valence-corrected chi connectivity index (χ3v) is 6.06. The van der Waals surface area contributed by atoms with E-state index in [0.29, 0.717) is 32.0 Å². The van der Waals surface area contributed by atoms with Gasteiger partial charge in [-0.15, -0.1) is 0 Å². The van der Waals surface area contributed by atoms with Gasteiger partial charge < -0.3 is 26.4 Å². The Morgan fingerprint density at radius 3 is 2.25 bits per heavy atom. The van der Waals surface area contributed by atoms with E-state index in [4.69, 9.17) is 15.6 Å². The van der Waals surface area contributed by atoms with Crippen molar-refractivity contribution in [2.45, 2.75) is 82.6 Å². The first-order valence-electron chi connectivity index (χ1n) is 12.3. The molecular weight excluding hydrogens is 477 g/mol. The molecule has 0 unspecified atom stereocenters. The number of nitrogens with zero attached hydrogens (tertiary/aromatic N) is 1. The van der Waals surface area contributed by atoms with Crippen LogP contribution < -0.4 is 16.4 Å². The number of nitrogens with two attached hydrogens (primary N) is 1. The molecule has 204 valence electrons. The third kappa shape index (κ3) is 11.9. The zero-order valence-electron chi connectivity index (χ0n) is 21.0. The van der Waals surface area contributed by atoms with Crippen molar-refractivity contribution in [2.75, 3.05) is 20.1 Å². The summed E-state index contributed by atoms with van der Waals surface area (Å²) in [5.41, 5.74) is 6.85. The summed E-state index contributed by atoms with van der Waals surface area (Å²) in [5.74, 6) is -2.89. The summed E-state index contributed by atoms with van der Waals surface area (Å²) in [4.78, 5) is 36.3. The molecule has 0 spiro atoms. The summed E-state index contributed by atoms with van der Waals surface area (Å²) in [6, 6.07) is 9.69. The number of carboxylic acid groups (broad SMARTS) is 1. The SMILES string of the molecule is C[C@H](NC1CCCCC1)C(=O)N(C)[C@@H](CCCN)C(=O)NCCc1ccccc1.O=C(O)C(F)(F)F. The van der Waals surface area contributed by atoms with Crippen LogP contribution in [0.5, 0.6) is 0 Å². The van der Waals surface area contributed by atoms with E-state index in [-0.39, 0.29) is 17.9 Å². The highest BCUT2D eigenvalue weighted by molar-refractivity contribution is 5.89. The number of hydrogen-bond donors (Lipinski definition) is 4. The molecule has 2 rings (SSSR count). The van der Waals surface area contributed by atoms with Gasteiger partial charge in [0.25, 0.3) is 0 Å². The predicted octanol–water partition coefficient (Wildman–Crippen LogP) is 2.86. The molecule has 0 aliphatic heterocycles. The number of carbonyl (C=O) groups excluding carboxylic acids is 2. The topological polar surface area (TPSA) is 125 Å².